The number of aliphatic carboxylic acids is 1. The van der Waals surface area contributed by atoms with Gasteiger partial charge in [-0.05, 0) is 36.6 Å². The minimum Gasteiger partial charge on any atom is -0.481 e. The van der Waals surface area contributed by atoms with Crippen LogP contribution in [0.15, 0.2) is 18.2 Å². The number of anilines is 1. The molecule has 1 aliphatic heterocycles. The molecular formula is C14H18N2O3. The van der Waals surface area contributed by atoms with Crippen molar-refractivity contribution in [1.82, 2.24) is 0 Å². The van der Waals surface area contributed by atoms with E-state index in [0.29, 0.717) is 18.7 Å². The molecule has 1 fully saturated rings. The zero-order chi connectivity index (χ0) is 14.2. The van der Waals surface area contributed by atoms with Gasteiger partial charge in [-0.2, -0.15) is 0 Å². The maximum absolute atomic E-state index is 11.2. The second kappa shape index (κ2) is 4.91. The second-order valence-corrected chi connectivity index (χ2v) is 5.19. The van der Waals surface area contributed by atoms with Gasteiger partial charge in [-0.3, -0.25) is 9.59 Å². The van der Waals surface area contributed by atoms with Gasteiger partial charge in [0.2, 0.25) is 5.91 Å². The smallest absolute Gasteiger partial charge is 0.308 e. The monoisotopic (exact) mass is 262 g/mol. The third-order valence-electron chi connectivity index (χ3n) is 3.77. The molecule has 2 rings (SSSR count). The Hall–Kier alpha value is -2.04. The summed E-state index contributed by atoms with van der Waals surface area (Å²) in [6, 6.07) is 5.41. The fourth-order valence-electron chi connectivity index (χ4n) is 2.62. The van der Waals surface area contributed by atoms with Crippen LogP contribution in [0.4, 0.5) is 5.69 Å². The Balaban J connectivity index is 2.22. The summed E-state index contributed by atoms with van der Waals surface area (Å²) in [6.07, 6.45) is 0. The number of nitrogens with zero attached hydrogens (tertiary/aromatic N) is 1. The molecule has 3 N–H and O–H groups in total. The molecule has 102 valence electrons. The van der Waals surface area contributed by atoms with Crippen molar-refractivity contribution in [1.29, 1.82) is 0 Å². The van der Waals surface area contributed by atoms with Gasteiger partial charge < -0.3 is 15.7 Å². The third kappa shape index (κ3) is 2.54. The quantitative estimate of drug-likeness (QED) is 0.858. The van der Waals surface area contributed by atoms with Crippen molar-refractivity contribution in [2.24, 2.45) is 17.6 Å². The third-order valence-corrected chi connectivity index (χ3v) is 3.77. The zero-order valence-electron chi connectivity index (χ0n) is 11.1. The van der Waals surface area contributed by atoms with Gasteiger partial charge in [-0.1, -0.05) is 6.92 Å². The Kier molecular flexibility index (Phi) is 3.46. The van der Waals surface area contributed by atoms with E-state index in [1.165, 1.54) is 0 Å². The molecule has 0 aliphatic carbocycles. The van der Waals surface area contributed by atoms with E-state index < -0.39 is 11.9 Å². The van der Waals surface area contributed by atoms with Gasteiger partial charge in [-0.25, -0.2) is 0 Å². The number of primary amides is 1. The van der Waals surface area contributed by atoms with Gasteiger partial charge in [0.1, 0.15) is 0 Å². The number of rotatable bonds is 3. The topological polar surface area (TPSA) is 83.6 Å². The lowest BCUT2D eigenvalue weighted by Gasteiger charge is -2.19. The fraction of sp³-hybridized carbons (Fsp3) is 0.429. The van der Waals surface area contributed by atoms with Crippen LogP contribution in [0.3, 0.4) is 0 Å². The van der Waals surface area contributed by atoms with Crippen LogP contribution >= 0.6 is 0 Å². The van der Waals surface area contributed by atoms with Gasteiger partial charge in [0.05, 0.1) is 5.92 Å². The van der Waals surface area contributed by atoms with Crippen LogP contribution in [0, 0.1) is 18.8 Å². The first-order valence-corrected chi connectivity index (χ1v) is 6.28. The number of aryl methyl sites for hydroxylation is 1. The number of hydrogen-bond acceptors (Lipinski definition) is 3. The normalized spacial score (nSPS) is 22.5. The van der Waals surface area contributed by atoms with E-state index in [2.05, 4.69) is 0 Å². The molecule has 0 radical (unpaired) electrons. The molecule has 1 aromatic carbocycles. The Bertz CT molecular complexity index is 527. The van der Waals surface area contributed by atoms with Gasteiger partial charge in [0.15, 0.2) is 0 Å². The summed E-state index contributed by atoms with van der Waals surface area (Å²) < 4.78 is 0. The predicted octanol–water partition coefficient (Wildman–Crippen LogP) is 1.25. The maximum atomic E-state index is 11.2. The highest BCUT2D eigenvalue weighted by molar-refractivity contribution is 5.94. The van der Waals surface area contributed by atoms with Crippen LogP contribution in [0.5, 0.6) is 0 Å². The highest BCUT2D eigenvalue weighted by Crippen LogP contribution is 2.29. The fourth-order valence-corrected chi connectivity index (χ4v) is 2.62. The van der Waals surface area contributed by atoms with Crippen molar-refractivity contribution in [2.45, 2.75) is 13.8 Å². The SMILES string of the molecule is Cc1cc(N2CC(C)C(C(=O)O)C2)ccc1C(N)=O. The van der Waals surface area contributed by atoms with Crippen molar-refractivity contribution in [2.75, 3.05) is 18.0 Å². The van der Waals surface area contributed by atoms with Crippen LogP contribution in [-0.4, -0.2) is 30.1 Å². The van der Waals surface area contributed by atoms with E-state index in [1.807, 2.05) is 30.9 Å². The Morgan fingerprint density at radius 2 is 2.05 bits per heavy atom. The average molecular weight is 262 g/mol. The first-order chi connectivity index (χ1) is 8.90. The van der Waals surface area contributed by atoms with E-state index >= 15 is 0 Å². The lowest BCUT2D eigenvalue weighted by molar-refractivity contribution is -0.142. The Labute approximate surface area is 112 Å². The van der Waals surface area contributed by atoms with Crippen molar-refractivity contribution >= 4 is 17.6 Å². The van der Waals surface area contributed by atoms with E-state index in [9.17, 15) is 9.59 Å². The summed E-state index contributed by atoms with van der Waals surface area (Å²) in [5.74, 6) is -1.41. The number of carbonyl (C=O) groups excluding carboxylic acids is 1. The lowest BCUT2D eigenvalue weighted by Crippen LogP contribution is -2.23. The van der Waals surface area contributed by atoms with Crippen LogP contribution < -0.4 is 10.6 Å². The minimum atomic E-state index is -0.750. The minimum absolute atomic E-state index is 0.119. The second-order valence-electron chi connectivity index (χ2n) is 5.19. The predicted molar refractivity (Wildman–Crippen MR) is 72.2 cm³/mol. The molecular weight excluding hydrogens is 244 g/mol. The summed E-state index contributed by atoms with van der Waals surface area (Å²) in [6.45, 7) is 5.00. The first-order valence-electron chi connectivity index (χ1n) is 6.28. The van der Waals surface area contributed by atoms with Gasteiger partial charge in [0.25, 0.3) is 0 Å². The number of carbonyl (C=O) groups is 2. The van der Waals surface area contributed by atoms with E-state index in [-0.39, 0.29) is 11.8 Å². The van der Waals surface area contributed by atoms with E-state index in [4.69, 9.17) is 10.8 Å². The molecule has 0 bridgehead atoms. The van der Waals surface area contributed by atoms with Gasteiger partial charge >= 0.3 is 5.97 Å². The molecule has 1 amide bonds. The molecule has 0 saturated carbocycles. The molecule has 1 heterocycles. The standard InChI is InChI=1S/C14H18N2O3/c1-8-5-10(3-4-11(8)13(15)17)16-6-9(2)12(7-16)14(18)19/h3-5,9,12H,6-7H2,1-2H3,(H2,15,17)(H,18,19). The van der Waals surface area contributed by atoms with Crippen molar-refractivity contribution in [3.05, 3.63) is 29.3 Å². The number of carboxylic acid groups (broad SMARTS) is 1. The maximum Gasteiger partial charge on any atom is 0.308 e. The summed E-state index contributed by atoms with van der Waals surface area (Å²) in [7, 11) is 0. The molecule has 1 aliphatic rings. The molecule has 0 aromatic heterocycles. The zero-order valence-corrected chi connectivity index (χ0v) is 11.1. The van der Waals surface area contributed by atoms with Crippen LogP contribution in [0.1, 0.15) is 22.8 Å². The molecule has 1 aromatic rings. The van der Waals surface area contributed by atoms with Crippen LogP contribution in [0.2, 0.25) is 0 Å². The number of carboxylic acids is 1. The summed E-state index contributed by atoms with van der Waals surface area (Å²) in [5.41, 5.74) is 7.54. The molecule has 5 heteroatoms. The number of benzene rings is 1. The first kappa shape index (κ1) is 13.4. The molecule has 2 atom stereocenters. The van der Waals surface area contributed by atoms with E-state index in [1.54, 1.807) is 6.07 Å². The highest BCUT2D eigenvalue weighted by atomic mass is 16.4. The summed E-state index contributed by atoms with van der Waals surface area (Å²) >= 11 is 0. The number of nitrogens with two attached hydrogens (primary N) is 1. The number of hydrogen-bond donors (Lipinski definition) is 2. The molecule has 1 saturated heterocycles. The molecule has 5 nitrogen and oxygen atoms in total. The van der Waals surface area contributed by atoms with E-state index in [0.717, 1.165) is 11.3 Å². The van der Waals surface area contributed by atoms with Crippen LogP contribution in [-0.2, 0) is 4.79 Å². The Morgan fingerprint density at radius 3 is 2.53 bits per heavy atom. The van der Waals surface area contributed by atoms with Gasteiger partial charge in [-0.15, -0.1) is 0 Å². The number of amides is 1. The van der Waals surface area contributed by atoms with Crippen molar-refractivity contribution < 1.29 is 14.7 Å². The van der Waals surface area contributed by atoms with Gasteiger partial charge in [0, 0.05) is 24.3 Å². The largest absolute Gasteiger partial charge is 0.481 e. The molecule has 2 unspecified atom stereocenters. The summed E-state index contributed by atoms with van der Waals surface area (Å²) in [4.78, 5) is 24.3. The van der Waals surface area contributed by atoms with Crippen LogP contribution in [0.25, 0.3) is 0 Å². The molecule has 0 spiro atoms. The molecule has 19 heavy (non-hydrogen) atoms. The van der Waals surface area contributed by atoms with Crippen molar-refractivity contribution in [3.8, 4) is 0 Å². The Morgan fingerprint density at radius 1 is 1.37 bits per heavy atom. The summed E-state index contributed by atoms with van der Waals surface area (Å²) in [5, 5.41) is 9.13. The lowest BCUT2D eigenvalue weighted by atomic mass is 9.99. The average Bonchev–Trinajstić information content (AvgIpc) is 2.70. The highest BCUT2D eigenvalue weighted by Gasteiger charge is 2.34. The van der Waals surface area contributed by atoms with Crippen molar-refractivity contribution in [3.63, 3.8) is 0 Å².